The summed E-state index contributed by atoms with van der Waals surface area (Å²) in [4.78, 5) is 22.9. The van der Waals surface area contributed by atoms with Gasteiger partial charge in [-0.3, -0.25) is 9.59 Å². The van der Waals surface area contributed by atoms with Crippen molar-refractivity contribution in [1.82, 2.24) is 0 Å². The van der Waals surface area contributed by atoms with Crippen molar-refractivity contribution in [2.75, 3.05) is 0 Å². The van der Waals surface area contributed by atoms with Gasteiger partial charge in [0, 0.05) is 31.6 Å². The number of carboxylic acids is 1. The monoisotopic (exact) mass is 404 g/mol. The van der Waals surface area contributed by atoms with Crippen LogP contribution in [0.15, 0.2) is 0 Å². The Morgan fingerprint density at radius 2 is 2.00 bits per heavy atom. The summed E-state index contributed by atoms with van der Waals surface area (Å²) in [5, 5.41) is 19.2. The maximum atomic E-state index is 14.7. The van der Waals surface area contributed by atoms with Gasteiger partial charge in [-0.05, 0) is 31.1 Å². The number of carboxylic acid groups (broad SMARTS) is 1. The molecular formula is C21H34F2O5. The molecule has 1 heterocycles. The first-order valence-corrected chi connectivity index (χ1v) is 10.6. The Hall–Kier alpha value is -1.08. The molecule has 0 spiro atoms. The quantitative estimate of drug-likeness (QED) is 0.493. The number of unbranched alkanes of at least 4 members (excludes halogenated alkanes) is 3. The second-order valence-corrected chi connectivity index (χ2v) is 8.69. The SMILES string of the molecule is CCC(C)CC(F)(F)[C@@]1(O)CCC2C(CC(=O)C2CCCCCCC(=O)O)O1. The van der Waals surface area contributed by atoms with Crippen LogP contribution in [0.1, 0.15) is 84.5 Å². The fourth-order valence-electron chi connectivity index (χ4n) is 4.57. The predicted octanol–water partition coefficient (Wildman–Crippen LogP) is 4.56. The minimum absolute atomic E-state index is 0.0371. The van der Waals surface area contributed by atoms with Crippen molar-refractivity contribution in [3.63, 3.8) is 0 Å². The Morgan fingerprint density at radius 1 is 1.32 bits per heavy atom. The molecule has 0 bridgehead atoms. The molecule has 2 fully saturated rings. The first-order valence-electron chi connectivity index (χ1n) is 10.6. The number of carbonyl (C=O) groups excluding carboxylic acids is 1. The van der Waals surface area contributed by atoms with Gasteiger partial charge in [0.25, 0.3) is 0 Å². The number of aliphatic carboxylic acids is 1. The zero-order valence-electron chi connectivity index (χ0n) is 17.0. The number of hydrogen-bond acceptors (Lipinski definition) is 4. The first-order chi connectivity index (χ1) is 13.1. The van der Waals surface area contributed by atoms with E-state index in [4.69, 9.17) is 9.84 Å². The van der Waals surface area contributed by atoms with Crippen LogP contribution in [-0.4, -0.2) is 39.8 Å². The molecule has 28 heavy (non-hydrogen) atoms. The van der Waals surface area contributed by atoms with Gasteiger partial charge in [-0.15, -0.1) is 0 Å². The summed E-state index contributed by atoms with van der Waals surface area (Å²) in [5.41, 5.74) is 0. The fourth-order valence-corrected chi connectivity index (χ4v) is 4.57. The smallest absolute Gasteiger partial charge is 0.303 e. The minimum atomic E-state index is -3.33. The molecule has 0 amide bonds. The van der Waals surface area contributed by atoms with Gasteiger partial charge >= 0.3 is 11.9 Å². The summed E-state index contributed by atoms with van der Waals surface area (Å²) in [7, 11) is 0. The van der Waals surface area contributed by atoms with E-state index in [0.29, 0.717) is 25.7 Å². The number of Topliss-reactive ketones (excluding diaryl/α,β-unsaturated/α-hetero) is 1. The highest BCUT2D eigenvalue weighted by atomic mass is 19.3. The molecule has 2 N–H and O–H groups in total. The largest absolute Gasteiger partial charge is 0.481 e. The summed E-state index contributed by atoms with van der Waals surface area (Å²) in [6.07, 6.45) is 3.79. The van der Waals surface area contributed by atoms with Crippen LogP contribution in [0, 0.1) is 17.8 Å². The average molecular weight is 404 g/mol. The van der Waals surface area contributed by atoms with Gasteiger partial charge in [0.2, 0.25) is 5.79 Å². The average Bonchev–Trinajstić information content (AvgIpc) is 2.91. The molecule has 4 unspecified atom stereocenters. The third kappa shape index (κ3) is 5.50. The molecule has 1 aliphatic heterocycles. The number of hydrogen-bond donors (Lipinski definition) is 2. The standard InChI is InChI=1S/C21H34F2O5/c1-3-14(2)13-20(22,23)21(27)11-10-16-15(17(24)12-18(16)28-21)8-6-4-5-7-9-19(25)26/h14-16,18,27H,3-13H2,1-2H3,(H,25,26)/t14?,15?,16?,18?,21-/m1/s1. The third-order valence-electron chi connectivity index (χ3n) is 6.50. The van der Waals surface area contributed by atoms with Gasteiger partial charge in [0.05, 0.1) is 6.10 Å². The molecule has 0 radical (unpaired) electrons. The van der Waals surface area contributed by atoms with Crippen LogP contribution >= 0.6 is 0 Å². The van der Waals surface area contributed by atoms with Crippen LogP contribution < -0.4 is 0 Å². The van der Waals surface area contributed by atoms with Gasteiger partial charge in [-0.1, -0.05) is 39.5 Å². The second kappa shape index (κ2) is 9.61. The van der Waals surface area contributed by atoms with Crippen LogP contribution in [0.25, 0.3) is 0 Å². The van der Waals surface area contributed by atoms with Crippen LogP contribution in [0.3, 0.4) is 0 Å². The lowest BCUT2D eigenvalue weighted by Crippen LogP contribution is -2.56. The highest BCUT2D eigenvalue weighted by molar-refractivity contribution is 5.84. The summed E-state index contributed by atoms with van der Waals surface area (Å²) >= 11 is 0. The molecule has 1 saturated heterocycles. The molecule has 5 nitrogen and oxygen atoms in total. The Bertz CT molecular complexity index is 553. The van der Waals surface area contributed by atoms with Gasteiger partial charge in [0.15, 0.2) is 0 Å². The number of carbonyl (C=O) groups is 2. The number of ether oxygens (including phenoxy) is 1. The molecular weight excluding hydrogens is 370 g/mol. The van der Waals surface area contributed by atoms with E-state index in [1.807, 2.05) is 6.92 Å². The molecule has 0 aromatic heterocycles. The zero-order valence-corrected chi connectivity index (χ0v) is 17.0. The minimum Gasteiger partial charge on any atom is -0.481 e. The molecule has 1 aliphatic carbocycles. The van der Waals surface area contributed by atoms with E-state index in [1.54, 1.807) is 6.92 Å². The van der Waals surface area contributed by atoms with Gasteiger partial charge in [0.1, 0.15) is 5.78 Å². The maximum Gasteiger partial charge on any atom is 0.303 e. The number of ketones is 1. The highest BCUT2D eigenvalue weighted by Gasteiger charge is 2.60. The van der Waals surface area contributed by atoms with E-state index in [0.717, 1.165) is 19.3 Å². The molecule has 1 saturated carbocycles. The van der Waals surface area contributed by atoms with E-state index in [2.05, 4.69) is 0 Å². The third-order valence-corrected chi connectivity index (χ3v) is 6.50. The van der Waals surface area contributed by atoms with Crippen LogP contribution in [0.5, 0.6) is 0 Å². The zero-order chi connectivity index (χ0) is 20.9. The molecule has 7 heteroatoms. The number of aliphatic hydroxyl groups is 1. The molecule has 2 aliphatic rings. The van der Waals surface area contributed by atoms with E-state index in [-0.39, 0.29) is 42.8 Å². The fraction of sp³-hybridized carbons (Fsp3) is 0.905. The topological polar surface area (TPSA) is 83.8 Å². The van der Waals surface area contributed by atoms with Crippen molar-refractivity contribution in [3.05, 3.63) is 0 Å². The molecule has 0 aromatic carbocycles. The number of halogens is 2. The van der Waals surface area contributed by atoms with Crippen LogP contribution in [0.2, 0.25) is 0 Å². The molecule has 5 atom stereocenters. The van der Waals surface area contributed by atoms with E-state index >= 15 is 0 Å². The first kappa shape index (κ1) is 23.2. The summed E-state index contributed by atoms with van der Waals surface area (Å²) in [6.45, 7) is 3.57. The lowest BCUT2D eigenvalue weighted by Gasteiger charge is -2.44. The number of rotatable bonds is 11. The predicted molar refractivity (Wildman–Crippen MR) is 100 cm³/mol. The Balaban J connectivity index is 1.87. The Kier molecular flexibility index (Phi) is 7.97. The Morgan fingerprint density at radius 3 is 2.64 bits per heavy atom. The Labute approximate surface area is 165 Å². The number of fused-ring (bicyclic) bond motifs is 1. The van der Waals surface area contributed by atoms with Crippen molar-refractivity contribution in [2.45, 2.75) is 102 Å². The van der Waals surface area contributed by atoms with Crippen molar-refractivity contribution in [3.8, 4) is 0 Å². The number of alkyl halides is 2. The molecule has 2 rings (SSSR count). The second-order valence-electron chi connectivity index (χ2n) is 8.69. The van der Waals surface area contributed by atoms with Crippen molar-refractivity contribution in [2.24, 2.45) is 17.8 Å². The summed E-state index contributed by atoms with van der Waals surface area (Å²) in [5.74, 6) is -7.11. The normalized spacial score (nSPS) is 31.6. The molecule has 162 valence electrons. The highest BCUT2D eigenvalue weighted by Crippen LogP contribution is 2.50. The lowest BCUT2D eigenvalue weighted by atomic mass is 9.81. The van der Waals surface area contributed by atoms with E-state index < -0.39 is 30.2 Å². The van der Waals surface area contributed by atoms with Crippen molar-refractivity contribution in [1.29, 1.82) is 0 Å². The lowest BCUT2D eigenvalue weighted by molar-refractivity contribution is -0.358. The summed E-state index contributed by atoms with van der Waals surface area (Å²) < 4.78 is 34.8. The van der Waals surface area contributed by atoms with Gasteiger partial charge < -0.3 is 14.9 Å². The summed E-state index contributed by atoms with van der Waals surface area (Å²) in [6, 6.07) is 0. The van der Waals surface area contributed by atoms with Crippen LogP contribution in [0.4, 0.5) is 8.78 Å². The molecule has 0 aromatic rings. The van der Waals surface area contributed by atoms with Crippen molar-refractivity contribution < 1.29 is 33.3 Å². The van der Waals surface area contributed by atoms with E-state index in [1.165, 1.54) is 0 Å². The van der Waals surface area contributed by atoms with Gasteiger partial charge in [-0.2, -0.15) is 0 Å². The van der Waals surface area contributed by atoms with E-state index in [9.17, 15) is 23.5 Å². The van der Waals surface area contributed by atoms with Crippen LogP contribution in [-0.2, 0) is 14.3 Å². The maximum absolute atomic E-state index is 14.7. The van der Waals surface area contributed by atoms with Crippen molar-refractivity contribution >= 4 is 11.8 Å². The van der Waals surface area contributed by atoms with Gasteiger partial charge in [-0.25, -0.2) is 8.78 Å².